The largest absolute Gasteiger partial charge is 0.382 e. The van der Waals surface area contributed by atoms with Crippen molar-refractivity contribution in [3.05, 3.63) is 11.7 Å². The van der Waals surface area contributed by atoms with Gasteiger partial charge in [-0.3, -0.25) is 14.8 Å². The molecule has 29 heavy (non-hydrogen) atoms. The van der Waals surface area contributed by atoms with Crippen LogP contribution in [-0.4, -0.2) is 38.4 Å². The molecule has 1 aromatic heterocycles. The molecule has 166 valence electrons. The maximum Gasteiger partial charge on any atom is 0.272 e. The lowest BCUT2D eigenvalue weighted by atomic mass is 9.84. The minimum absolute atomic E-state index is 0.0333. The van der Waals surface area contributed by atoms with Gasteiger partial charge in [-0.1, -0.05) is 60.5 Å². The van der Waals surface area contributed by atoms with E-state index < -0.39 is 35.3 Å². The first-order valence-corrected chi connectivity index (χ1v) is 9.90. The second kappa shape index (κ2) is 9.67. The van der Waals surface area contributed by atoms with E-state index in [1.54, 1.807) is 0 Å². The Morgan fingerprint density at radius 1 is 1.10 bits per heavy atom. The minimum atomic E-state index is -1.68. The summed E-state index contributed by atoms with van der Waals surface area (Å²) in [7, 11) is 0. The number of hydrogen-bond acceptors (Lipinski definition) is 7. The number of nitrogens with zero attached hydrogens (tertiary/aromatic N) is 2. The molecule has 0 radical (unpaired) electrons. The highest BCUT2D eigenvalue weighted by Crippen LogP contribution is 2.32. The van der Waals surface area contributed by atoms with Crippen molar-refractivity contribution in [3.8, 4) is 0 Å². The molecule has 1 heterocycles. The number of carbonyl (C=O) groups excluding carboxylic acids is 2. The minimum Gasteiger partial charge on any atom is -0.382 e. The molecule has 0 aliphatic heterocycles. The third-order valence-electron chi connectivity index (χ3n) is 4.40. The van der Waals surface area contributed by atoms with E-state index in [4.69, 9.17) is 9.73 Å². The molecule has 2 amide bonds. The van der Waals surface area contributed by atoms with E-state index in [-0.39, 0.29) is 17.8 Å². The fraction of sp³-hybridized carbons (Fsp3) is 0.800. The molecule has 0 aliphatic rings. The molecule has 0 saturated heterocycles. The predicted molar refractivity (Wildman–Crippen MR) is 107 cm³/mol. The molecule has 0 bridgehead atoms. The summed E-state index contributed by atoms with van der Waals surface area (Å²) in [5, 5.41) is 26.0. The van der Waals surface area contributed by atoms with Crippen molar-refractivity contribution in [2.24, 2.45) is 22.7 Å². The average Bonchev–Trinajstić information content (AvgIpc) is 3.00. The highest BCUT2D eigenvalue weighted by molar-refractivity contribution is 5.88. The van der Waals surface area contributed by atoms with E-state index in [0.717, 1.165) is 0 Å². The van der Waals surface area contributed by atoms with Crippen LogP contribution in [0.1, 0.15) is 79.6 Å². The van der Waals surface area contributed by atoms with Crippen LogP contribution < -0.4 is 10.8 Å². The summed E-state index contributed by atoms with van der Waals surface area (Å²) in [6, 6.07) is -0.591. The Labute approximate surface area is 172 Å². The zero-order valence-corrected chi connectivity index (χ0v) is 18.7. The van der Waals surface area contributed by atoms with Crippen LogP contribution in [0.4, 0.5) is 0 Å². The lowest BCUT2D eigenvalue weighted by Gasteiger charge is -2.31. The van der Waals surface area contributed by atoms with Gasteiger partial charge in [-0.25, -0.2) is 5.48 Å². The molecule has 4 N–H and O–H groups in total. The van der Waals surface area contributed by atoms with Crippen LogP contribution in [0, 0.1) is 22.7 Å². The third-order valence-corrected chi connectivity index (χ3v) is 4.40. The number of carbonyl (C=O) groups is 2. The van der Waals surface area contributed by atoms with Gasteiger partial charge in [0.05, 0.1) is 12.0 Å². The van der Waals surface area contributed by atoms with E-state index in [1.807, 2.05) is 34.6 Å². The average molecular weight is 413 g/mol. The van der Waals surface area contributed by atoms with Gasteiger partial charge in [-0.05, 0) is 23.2 Å². The van der Waals surface area contributed by atoms with Crippen molar-refractivity contribution >= 4 is 11.8 Å². The fourth-order valence-corrected chi connectivity index (χ4v) is 2.96. The fourth-order valence-electron chi connectivity index (χ4n) is 2.96. The summed E-state index contributed by atoms with van der Waals surface area (Å²) in [5.74, 6) is -1.71. The lowest BCUT2D eigenvalue weighted by molar-refractivity contribution is -0.147. The van der Waals surface area contributed by atoms with E-state index in [2.05, 4.69) is 36.2 Å². The van der Waals surface area contributed by atoms with Crippen LogP contribution in [0.25, 0.3) is 0 Å². The molecule has 0 fully saturated rings. The van der Waals surface area contributed by atoms with Crippen LogP contribution in [0.15, 0.2) is 4.52 Å². The van der Waals surface area contributed by atoms with Gasteiger partial charge in [-0.15, -0.1) is 0 Å². The number of aliphatic hydroxyl groups is 1. The number of hydrogen-bond donors (Lipinski definition) is 4. The highest BCUT2D eigenvalue weighted by Gasteiger charge is 2.38. The van der Waals surface area contributed by atoms with E-state index in [0.29, 0.717) is 18.1 Å². The van der Waals surface area contributed by atoms with E-state index in [1.165, 1.54) is 5.48 Å². The predicted octanol–water partition coefficient (Wildman–Crippen LogP) is 2.39. The van der Waals surface area contributed by atoms with Crippen LogP contribution in [0.3, 0.4) is 0 Å². The van der Waals surface area contributed by atoms with Gasteiger partial charge < -0.3 is 14.9 Å². The third kappa shape index (κ3) is 7.74. The maximum atomic E-state index is 13.0. The molecular formula is C20H36N4O5. The monoisotopic (exact) mass is 412 g/mol. The molecule has 0 aromatic carbocycles. The second-order valence-corrected chi connectivity index (χ2v) is 10.2. The first kappa shape index (κ1) is 25.0. The molecule has 9 nitrogen and oxygen atoms in total. The second-order valence-electron chi connectivity index (χ2n) is 10.2. The highest BCUT2D eigenvalue weighted by atomic mass is 16.5. The first-order chi connectivity index (χ1) is 13.2. The zero-order chi connectivity index (χ0) is 22.6. The van der Waals surface area contributed by atoms with Gasteiger partial charge in [0.1, 0.15) is 6.10 Å². The molecule has 0 unspecified atom stereocenters. The van der Waals surface area contributed by atoms with Gasteiger partial charge in [0, 0.05) is 6.42 Å². The van der Waals surface area contributed by atoms with Gasteiger partial charge >= 0.3 is 0 Å². The lowest BCUT2D eigenvalue weighted by Crippen LogP contribution is -2.48. The van der Waals surface area contributed by atoms with Gasteiger partial charge in [0.25, 0.3) is 5.91 Å². The van der Waals surface area contributed by atoms with Crippen LogP contribution >= 0.6 is 0 Å². The number of amides is 2. The Balaban J connectivity index is 3.13. The van der Waals surface area contributed by atoms with E-state index >= 15 is 0 Å². The Morgan fingerprint density at radius 2 is 1.69 bits per heavy atom. The van der Waals surface area contributed by atoms with Crippen molar-refractivity contribution in [1.82, 2.24) is 20.9 Å². The quantitative estimate of drug-likeness (QED) is 0.380. The molecule has 0 saturated carbocycles. The molecule has 0 aliphatic carbocycles. The molecule has 1 rings (SSSR count). The SMILES string of the molecule is CC(C)C[C@@H](C(=O)N[C@@H](c1noc(CC(C)(C)C)n1)C(C)(C)C)[C@H](O)C(=O)NO. The van der Waals surface area contributed by atoms with Crippen molar-refractivity contribution in [2.45, 2.75) is 80.4 Å². The van der Waals surface area contributed by atoms with E-state index in [9.17, 15) is 14.7 Å². The number of aromatic nitrogens is 2. The topological polar surface area (TPSA) is 138 Å². The molecule has 3 atom stereocenters. The Morgan fingerprint density at radius 3 is 2.14 bits per heavy atom. The summed E-state index contributed by atoms with van der Waals surface area (Å²) in [6.07, 6.45) is -0.820. The standard InChI is InChI=1S/C20H36N4O5/c1-11(2)9-12(14(25)18(27)23-28)17(26)22-15(20(6,7)8)16-21-13(29-24-16)10-19(3,4)5/h11-12,14-15,25,28H,9-10H2,1-8H3,(H,22,26)(H,23,27)/t12-,14+,15+/m1/s1. The molecule has 9 heteroatoms. The first-order valence-electron chi connectivity index (χ1n) is 9.90. The van der Waals surface area contributed by atoms with Crippen molar-refractivity contribution < 1.29 is 24.4 Å². The summed E-state index contributed by atoms with van der Waals surface area (Å²) >= 11 is 0. The maximum absolute atomic E-state index is 13.0. The van der Waals surface area contributed by atoms with Gasteiger partial charge in [0.2, 0.25) is 11.8 Å². The molecule has 0 spiro atoms. The summed E-state index contributed by atoms with van der Waals surface area (Å²) in [6.45, 7) is 15.7. The Hall–Kier alpha value is -2.00. The molecular weight excluding hydrogens is 376 g/mol. The number of aliphatic hydroxyl groups excluding tert-OH is 1. The summed E-state index contributed by atoms with van der Waals surface area (Å²) < 4.78 is 5.37. The van der Waals surface area contributed by atoms with Crippen LogP contribution in [-0.2, 0) is 16.0 Å². The number of nitrogens with one attached hydrogen (secondary N) is 2. The van der Waals surface area contributed by atoms with Crippen LogP contribution in [0.2, 0.25) is 0 Å². The van der Waals surface area contributed by atoms with Crippen molar-refractivity contribution in [1.29, 1.82) is 0 Å². The summed E-state index contributed by atoms with van der Waals surface area (Å²) in [5.41, 5.74) is 0.918. The molecule has 1 aromatic rings. The zero-order valence-electron chi connectivity index (χ0n) is 18.7. The smallest absolute Gasteiger partial charge is 0.272 e. The van der Waals surface area contributed by atoms with Crippen molar-refractivity contribution in [3.63, 3.8) is 0 Å². The summed E-state index contributed by atoms with van der Waals surface area (Å²) in [4.78, 5) is 29.1. The normalized spacial score (nSPS) is 15.7. The Kier molecular flexibility index (Phi) is 8.35. The van der Waals surface area contributed by atoms with Gasteiger partial charge in [0.15, 0.2) is 5.82 Å². The van der Waals surface area contributed by atoms with Gasteiger partial charge in [-0.2, -0.15) is 4.98 Å². The van der Waals surface area contributed by atoms with Crippen LogP contribution in [0.5, 0.6) is 0 Å². The van der Waals surface area contributed by atoms with Crippen molar-refractivity contribution in [2.75, 3.05) is 0 Å². The number of hydroxylamine groups is 1. The number of rotatable bonds is 8. The Bertz CT molecular complexity index is 688.